The van der Waals surface area contributed by atoms with Gasteiger partial charge in [0.15, 0.2) is 34.7 Å². The van der Waals surface area contributed by atoms with Gasteiger partial charge in [0.1, 0.15) is 5.75 Å². The zero-order valence-corrected chi connectivity index (χ0v) is 26.5. The third-order valence-corrected chi connectivity index (χ3v) is 9.50. The van der Waals surface area contributed by atoms with E-state index in [9.17, 15) is 43.8 Å². The average molecular weight is 644 g/mol. The molecule has 4 rings (SSSR count). The minimum atomic E-state index is -2.73. The summed E-state index contributed by atoms with van der Waals surface area (Å²) in [6, 6.07) is 1.75. The van der Waals surface area contributed by atoms with Crippen molar-refractivity contribution in [2.45, 2.75) is 57.1 Å². The van der Waals surface area contributed by atoms with Gasteiger partial charge in [-0.25, -0.2) is 0 Å². The van der Waals surface area contributed by atoms with E-state index in [0.29, 0.717) is 42.7 Å². The predicted molar refractivity (Wildman–Crippen MR) is 161 cm³/mol. The first-order valence-electron chi connectivity index (χ1n) is 15.2. The summed E-state index contributed by atoms with van der Waals surface area (Å²) < 4.78 is 9.45. The highest BCUT2D eigenvalue weighted by molar-refractivity contribution is 6.31. The number of hydrogen-bond acceptors (Lipinski definition) is 13. The van der Waals surface area contributed by atoms with Crippen LogP contribution < -0.4 is 10.6 Å². The monoisotopic (exact) mass is 643 g/mol. The second-order valence-corrected chi connectivity index (χ2v) is 12.5. The summed E-state index contributed by atoms with van der Waals surface area (Å²) in [5.41, 5.74) is 3.93. The Kier molecular flexibility index (Phi) is 10.3. The molecule has 0 aromatic heterocycles. The highest BCUT2D eigenvalue weighted by atomic mass is 16.5. The largest absolute Gasteiger partial charge is 0.507 e. The van der Waals surface area contributed by atoms with Crippen molar-refractivity contribution in [3.63, 3.8) is 0 Å². The fraction of sp³-hybridized carbons (Fsp3) is 0.594. The molecule has 5 atom stereocenters. The molecule has 14 heteroatoms. The molecule has 3 aliphatic rings. The zero-order valence-electron chi connectivity index (χ0n) is 26.5. The van der Waals surface area contributed by atoms with Crippen LogP contribution in [0, 0.1) is 23.7 Å². The number of amides is 1. The SMILES string of the molecule is COC(=O)CCCN(CCCC(=O)OC)Cc1cc(N(C)C)c2c(c1O)C(=O)C1C(=O)[C@]3(O)C(=O)C(C(N)=O)C(=O)C[C@@H]3C[C@@H]1C2. The molecule has 2 fully saturated rings. The molecular formula is C32H41N3O11. The summed E-state index contributed by atoms with van der Waals surface area (Å²) in [6.07, 6.45) is 0.918. The summed E-state index contributed by atoms with van der Waals surface area (Å²) in [5.74, 6) is -11.5. The van der Waals surface area contributed by atoms with Gasteiger partial charge in [-0.15, -0.1) is 0 Å². The maximum Gasteiger partial charge on any atom is 0.305 e. The van der Waals surface area contributed by atoms with Crippen molar-refractivity contribution in [2.24, 2.45) is 29.4 Å². The maximum atomic E-state index is 14.2. The van der Waals surface area contributed by atoms with Crippen LogP contribution in [0.25, 0.3) is 0 Å². The Morgan fingerprint density at radius 1 is 0.978 bits per heavy atom. The molecule has 46 heavy (non-hydrogen) atoms. The van der Waals surface area contributed by atoms with Gasteiger partial charge in [0.05, 0.1) is 25.7 Å². The van der Waals surface area contributed by atoms with Crippen LogP contribution >= 0.6 is 0 Å². The van der Waals surface area contributed by atoms with Gasteiger partial charge >= 0.3 is 11.9 Å². The lowest BCUT2D eigenvalue weighted by Gasteiger charge is -2.48. The lowest BCUT2D eigenvalue weighted by atomic mass is 9.53. The highest BCUT2D eigenvalue weighted by Crippen LogP contribution is 2.51. The Balaban J connectivity index is 1.70. The minimum absolute atomic E-state index is 0.00456. The number of phenols is 1. The molecular weight excluding hydrogens is 602 g/mol. The summed E-state index contributed by atoms with van der Waals surface area (Å²) in [5, 5.41) is 23.1. The minimum Gasteiger partial charge on any atom is -0.507 e. The first kappa shape index (κ1) is 34.7. The number of rotatable bonds is 12. The number of hydrogen-bond donors (Lipinski definition) is 3. The molecule has 0 aliphatic heterocycles. The Morgan fingerprint density at radius 2 is 1.57 bits per heavy atom. The predicted octanol–water partition coefficient (Wildman–Crippen LogP) is 0.101. The second-order valence-electron chi connectivity index (χ2n) is 12.5. The standard InChI is InChI=1S/C32H41N3O11/c1-34(2)20-13-17(15-35(9-5-7-22(37)45-3)10-6-8-23(38)46-4)27(39)25-19(20)12-16-11-18-14-21(36)26(31(33)43)30(42)32(18,44)29(41)24(16)28(25)40/h13,16,18,24,26,39,44H,5-12,14-15H2,1-4H3,(H2,33,43)/t16-,18+,24?,26?,32+/m1/s1. The van der Waals surface area contributed by atoms with E-state index in [-0.39, 0.29) is 55.5 Å². The van der Waals surface area contributed by atoms with Gasteiger partial charge in [0.2, 0.25) is 5.91 Å². The highest BCUT2D eigenvalue weighted by Gasteiger charge is 2.66. The van der Waals surface area contributed by atoms with Crippen LogP contribution in [0.1, 0.15) is 60.0 Å². The molecule has 0 saturated heterocycles. The molecule has 2 saturated carbocycles. The number of methoxy groups -OCH3 is 2. The van der Waals surface area contributed by atoms with Gasteiger partial charge in [0, 0.05) is 57.1 Å². The summed E-state index contributed by atoms with van der Waals surface area (Å²) in [4.78, 5) is 92.9. The molecule has 250 valence electrons. The number of carbonyl (C=O) groups excluding carboxylic acids is 7. The number of fused-ring (bicyclic) bond motifs is 3. The molecule has 0 radical (unpaired) electrons. The number of nitrogens with two attached hydrogens (primary N) is 1. The fourth-order valence-corrected chi connectivity index (χ4v) is 7.20. The number of primary amides is 1. The van der Waals surface area contributed by atoms with E-state index in [0.717, 1.165) is 0 Å². The number of aromatic hydroxyl groups is 1. The molecule has 4 N–H and O–H groups in total. The number of esters is 2. The number of Topliss-reactive ketones (excluding diaryl/α,β-unsaturated/α-hetero) is 4. The van der Waals surface area contributed by atoms with Crippen LogP contribution in [0.15, 0.2) is 6.07 Å². The van der Waals surface area contributed by atoms with Crippen LogP contribution in [0.2, 0.25) is 0 Å². The van der Waals surface area contributed by atoms with Crippen LogP contribution in [0.4, 0.5) is 5.69 Å². The van der Waals surface area contributed by atoms with Crippen LogP contribution in [-0.2, 0) is 51.2 Å². The Bertz CT molecular complexity index is 1450. The number of nitrogens with zero attached hydrogens (tertiary/aromatic N) is 2. The van der Waals surface area contributed by atoms with E-state index >= 15 is 0 Å². The van der Waals surface area contributed by atoms with E-state index in [4.69, 9.17) is 15.2 Å². The smallest absolute Gasteiger partial charge is 0.305 e. The maximum absolute atomic E-state index is 14.2. The van der Waals surface area contributed by atoms with Crippen LogP contribution in [-0.4, -0.2) is 103 Å². The zero-order chi connectivity index (χ0) is 34.1. The van der Waals surface area contributed by atoms with E-state index in [1.54, 1.807) is 25.1 Å². The van der Waals surface area contributed by atoms with Crippen molar-refractivity contribution in [1.29, 1.82) is 0 Å². The normalized spacial score (nSPS) is 25.4. The Labute approximate surface area is 266 Å². The molecule has 0 bridgehead atoms. The molecule has 3 aliphatic carbocycles. The number of ketones is 4. The van der Waals surface area contributed by atoms with Crippen molar-refractivity contribution < 1.29 is 53.2 Å². The third-order valence-electron chi connectivity index (χ3n) is 9.50. The van der Waals surface area contributed by atoms with E-state index in [2.05, 4.69) is 0 Å². The first-order valence-corrected chi connectivity index (χ1v) is 15.2. The van der Waals surface area contributed by atoms with Crippen molar-refractivity contribution >= 4 is 46.7 Å². The van der Waals surface area contributed by atoms with Gasteiger partial charge in [-0.3, -0.25) is 38.5 Å². The lowest BCUT2D eigenvalue weighted by Crippen LogP contribution is -2.68. The van der Waals surface area contributed by atoms with Gasteiger partial charge < -0.3 is 30.3 Å². The molecule has 1 amide bonds. The van der Waals surface area contributed by atoms with Crippen molar-refractivity contribution in [2.75, 3.05) is 46.3 Å². The van der Waals surface area contributed by atoms with Crippen molar-refractivity contribution in [1.82, 2.24) is 4.90 Å². The number of ether oxygens (including phenoxy) is 2. The Morgan fingerprint density at radius 3 is 2.09 bits per heavy atom. The number of carbonyl (C=O) groups is 7. The average Bonchev–Trinajstić information content (AvgIpc) is 2.99. The van der Waals surface area contributed by atoms with Crippen molar-refractivity contribution in [3.05, 3.63) is 22.8 Å². The summed E-state index contributed by atoms with van der Waals surface area (Å²) >= 11 is 0. The summed E-state index contributed by atoms with van der Waals surface area (Å²) in [6.45, 7) is 0.930. The summed E-state index contributed by atoms with van der Waals surface area (Å²) in [7, 11) is 6.12. The van der Waals surface area contributed by atoms with Gasteiger partial charge in [-0.05, 0) is 56.3 Å². The first-order chi connectivity index (χ1) is 21.7. The van der Waals surface area contributed by atoms with E-state index in [1.165, 1.54) is 14.2 Å². The van der Waals surface area contributed by atoms with E-state index in [1.807, 2.05) is 4.90 Å². The molecule has 0 heterocycles. The Hall–Kier alpha value is -4.17. The molecule has 1 aromatic carbocycles. The fourth-order valence-electron chi connectivity index (χ4n) is 7.20. The topological polar surface area (TPSA) is 211 Å². The number of benzene rings is 1. The quantitative estimate of drug-likeness (QED) is 0.204. The van der Waals surface area contributed by atoms with E-state index < -0.39 is 64.7 Å². The number of anilines is 1. The molecule has 14 nitrogen and oxygen atoms in total. The van der Waals surface area contributed by atoms with Gasteiger partial charge in [-0.1, -0.05) is 0 Å². The van der Waals surface area contributed by atoms with Crippen LogP contribution in [0.5, 0.6) is 5.75 Å². The lowest BCUT2D eigenvalue weighted by molar-refractivity contribution is -0.175. The number of aliphatic hydroxyl groups is 1. The van der Waals surface area contributed by atoms with Crippen molar-refractivity contribution in [3.8, 4) is 5.75 Å². The van der Waals surface area contributed by atoms with Crippen LogP contribution in [0.3, 0.4) is 0 Å². The number of phenolic OH excluding ortho intramolecular Hbond substituents is 1. The molecule has 0 spiro atoms. The third kappa shape index (κ3) is 6.27. The van der Waals surface area contributed by atoms with Gasteiger partial charge in [-0.2, -0.15) is 0 Å². The molecule has 1 aromatic rings. The van der Waals surface area contributed by atoms with Gasteiger partial charge in [0.25, 0.3) is 0 Å². The molecule has 2 unspecified atom stereocenters. The second kappa shape index (κ2) is 13.7.